The average Bonchev–Trinajstić information content (AvgIpc) is 2.22. The highest BCUT2D eigenvalue weighted by Gasteiger charge is 2.20. The van der Waals surface area contributed by atoms with Crippen molar-refractivity contribution >= 4 is 29.2 Å². The molecule has 1 heterocycles. The molecule has 0 spiro atoms. The predicted molar refractivity (Wildman–Crippen MR) is 59.4 cm³/mol. The molecule has 0 saturated heterocycles. The fourth-order valence-corrected chi connectivity index (χ4v) is 1.09. The van der Waals surface area contributed by atoms with Gasteiger partial charge in [0.05, 0.1) is 11.9 Å². The van der Waals surface area contributed by atoms with Crippen molar-refractivity contribution in [3.05, 3.63) is 23.0 Å². The van der Waals surface area contributed by atoms with Gasteiger partial charge in [-0.3, -0.25) is 9.59 Å². The Morgan fingerprint density at radius 2 is 2.19 bits per heavy atom. The van der Waals surface area contributed by atoms with Crippen molar-refractivity contribution in [3.8, 4) is 0 Å². The van der Waals surface area contributed by atoms with Crippen molar-refractivity contribution in [2.24, 2.45) is 5.92 Å². The largest absolute Gasteiger partial charge is 0.481 e. The highest BCUT2D eigenvalue weighted by atomic mass is 35.5. The second-order valence-corrected chi connectivity index (χ2v) is 3.74. The van der Waals surface area contributed by atoms with Crippen molar-refractivity contribution in [1.82, 2.24) is 4.98 Å². The van der Waals surface area contributed by atoms with E-state index < -0.39 is 17.8 Å². The summed E-state index contributed by atoms with van der Waals surface area (Å²) in [6, 6.07) is 1.63. The Hall–Kier alpha value is -1.62. The van der Waals surface area contributed by atoms with Gasteiger partial charge in [0.25, 0.3) is 0 Å². The zero-order valence-corrected chi connectivity index (χ0v) is 9.58. The van der Waals surface area contributed by atoms with Crippen LogP contribution in [0, 0.1) is 12.8 Å². The Balaban J connectivity index is 2.77. The van der Waals surface area contributed by atoms with E-state index in [9.17, 15) is 9.59 Å². The molecule has 0 aliphatic rings. The van der Waals surface area contributed by atoms with Gasteiger partial charge in [-0.2, -0.15) is 0 Å². The van der Waals surface area contributed by atoms with Gasteiger partial charge in [-0.05, 0) is 25.5 Å². The van der Waals surface area contributed by atoms with Gasteiger partial charge >= 0.3 is 5.97 Å². The van der Waals surface area contributed by atoms with Crippen LogP contribution in [0.15, 0.2) is 12.3 Å². The van der Waals surface area contributed by atoms with Crippen LogP contribution in [0.2, 0.25) is 5.15 Å². The molecular formula is C10H11ClN2O3. The molecule has 16 heavy (non-hydrogen) atoms. The Bertz CT molecular complexity index is 434. The van der Waals surface area contributed by atoms with Gasteiger partial charge in [0, 0.05) is 0 Å². The summed E-state index contributed by atoms with van der Waals surface area (Å²) in [5.41, 5.74) is 1.14. The summed E-state index contributed by atoms with van der Waals surface area (Å²) >= 11 is 5.71. The number of hydrogen-bond acceptors (Lipinski definition) is 3. The van der Waals surface area contributed by atoms with E-state index >= 15 is 0 Å². The lowest BCUT2D eigenvalue weighted by Crippen LogP contribution is -2.26. The summed E-state index contributed by atoms with van der Waals surface area (Å²) in [5.74, 6) is -2.86. The number of aryl methyl sites for hydroxylation is 1. The summed E-state index contributed by atoms with van der Waals surface area (Å²) in [5, 5.41) is 11.4. The summed E-state index contributed by atoms with van der Waals surface area (Å²) < 4.78 is 0. The first kappa shape index (κ1) is 12.4. The number of halogens is 1. The molecule has 1 aromatic rings. The first-order valence-corrected chi connectivity index (χ1v) is 4.95. The number of nitrogens with one attached hydrogen (secondary N) is 1. The summed E-state index contributed by atoms with van der Waals surface area (Å²) in [6.07, 6.45) is 1.38. The third-order valence-electron chi connectivity index (χ3n) is 2.05. The van der Waals surface area contributed by atoms with Crippen LogP contribution in [0.5, 0.6) is 0 Å². The molecule has 0 aromatic carbocycles. The topological polar surface area (TPSA) is 79.3 Å². The van der Waals surface area contributed by atoms with Crippen LogP contribution < -0.4 is 5.32 Å². The molecule has 1 amide bonds. The summed E-state index contributed by atoms with van der Waals surface area (Å²) in [6.45, 7) is 3.06. The van der Waals surface area contributed by atoms with E-state index in [1.807, 2.05) is 0 Å². The molecule has 1 aromatic heterocycles. The minimum atomic E-state index is -1.17. The molecule has 0 radical (unpaired) electrons. The van der Waals surface area contributed by atoms with Crippen LogP contribution in [0.25, 0.3) is 0 Å². The second kappa shape index (κ2) is 4.94. The molecule has 0 fully saturated rings. The molecule has 0 aliphatic heterocycles. The monoisotopic (exact) mass is 242 g/mol. The van der Waals surface area contributed by atoms with E-state index in [1.54, 1.807) is 13.0 Å². The first-order valence-electron chi connectivity index (χ1n) is 4.57. The molecule has 5 nitrogen and oxygen atoms in total. The van der Waals surface area contributed by atoms with Crippen molar-refractivity contribution in [1.29, 1.82) is 0 Å². The Kier molecular flexibility index (Phi) is 3.84. The molecule has 0 aliphatic carbocycles. The van der Waals surface area contributed by atoms with Crippen molar-refractivity contribution < 1.29 is 14.7 Å². The number of carbonyl (C=O) groups excluding carboxylic acids is 1. The van der Waals surface area contributed by atoms with Crippen LogP contribution in [-0.2, 0) is 9.59 Å². The van der Waals surface area contributed by atoms with E-state index in [1.165, 1.54) is 13.1 Å². The van der Waals surface area contributed by atoms with Gasteiger partial charge in [-0.15, -0.1) is 0 Å². The molecule has 1 atom stereocenters. The summed E-state index contributed by atoms with van der Waals surface area (Å²) in [4.78, 5) is 25.8. The van der Waals surface area contributed by atoms with Gasteiger partial charge < -0.3 is 10.4 Å². The van der Waals surface area contributed by atoms with Crippen molar-refractivity contribution in [2.45, 2.75) is 13.8 Å². The number of aromatic nitrogens is 1. The summed E-state index contributed by atoms with van der Waals surface area (Å²) in [7, 11) is 0. The molecular weight excluding hydrogens is 232 g/mol. The number of hydrogen-bond donors (Lipinski definition) is 2. The molecule has 0 saturated carbocycles. The number of carboxylic acid groups (broad SMARTS) is 1. The SMILES string of the molecule is Cc1cc(NC(=O)C(C)C(=O)O)cnc1Cl. The van der Waals surface area contributed by atoms with Crippen LogP contribution in [-0.4, -0.2) is 22.0 Å². The Labute approximate surface area is 97.4 Å². The lowest BCUT2D eigenvalue weighted by Gasteiger charge is -2.08. The van der Waals surface area contributed by atoms with E-state index in [2.05, 4.69) is 10.3 Å². The maximum atomic E-state index is 11.4. The van der Waals surface area contributed by atoms with E-state index in [0.717, 1.165) is 0 Å². The van der Waals surface area contributed by atoms with Crippen LogP contribution in [0.1, 0.15) is 12.5 Å². The first-order chi connectivity index (χ1) is 7.41. The van der Waals surface area contributed by atoms with Gasteiger partial charge in [-0.25, -0.2) is 4.98 Å². The predicted octanol–water partition coefficient (Wildman–Crippen LogP) is 1.70. The maximum Gasteiger partial charge on any atom is 0.315 e. The zero-order chi connectivity index (χ0) is 12.3. The molecule has 1 unspecified atom stereocenters. The molecule has 86 valence electrons. The molecule has 6 heteroatoms. The number of amides is 1. The fraction of sp³-hybridized carbons (Fsp3) is 0.300. The normalized spacial score (nSPS) is 11.9. The minimum Gasteiger partial charge on any atom is -0.481 e. The number of carboxylic acids is 1. The van der Waals surface area contributed by atoms with E-state index in [0.29, 0.717) is 16.4 Å². The van der Waals surface area contributed by atoms with E-state index in [4.69, 9.17) is 16.7 Å². The number of rotatable bonds is 3. The number of pyridine rings is 1. The number of anilines is 1. The third kappa shape index (κ3) is 2.93. The number of nitrogens with zero attached hydrogens (tertiary/aromatic N) is 1. The average molecular weight is 243 g/mol. The number of carbonyl (C=O) groups is 2. The van der Waals surface area contributed by atoms with Crippen molar-refractivity contribution in [3.63, 3.8) is 0 Å². The zero-order valence-electron chi connectivity index (χ0n) is 8.82. The van der Waals surface area contributed by atoms with Gasteiger partial charge in [0.1, 0.15) is 11.1 Å². The Morgan fingerprint density at radius 1 is 1.56 bits per heavy atom. The lowest BCUT2D eigenvalue weighted by atomic mass is 10.1. The number of aliphatic carboxylic acids is 1. The van der Waals surface area contributed by atoms with Gasteiger partial charge in [0.2, 0.25) is 5.91 Å². The third-order valence-corrected chi connectivity index (χ3v) is 2.44. The van der Waals surface area contributed by atoms with Gasteiger partial charge in [-0.1, -0.05) is 11.6 Å². The fourth-order valence-electron chi connectivity index (χ4n) is 0.989. The quantitative estimate of drug-likeness (QED) is 0.625. The molecule has 1 rings (SSSR count). The highest BCUT2D eigenvalue weighted by molar-refractivity contribution is 6.30. The van der Waals surface area contributed by atoms with Gasteiger partial charge in [0.15, 0.2) is 0 Å². The Morgan fingerprint density at radius 3 is 2.69 bits per heavy atom. The van der Waals surface area contributed by atoms with Crippen LogP contribution in [0.3, 0.4) is 0 Å². The smallest absolute Gasteiger partial charge is 0.315 e. The van der Waals surface area contributed by atoms with Crippen molar-refractivity contribution in [2.75, 3.05) is 5.32 Å². The van der Waals surface area contributed by atoms with Crippen LogP contribution in [0.4, 0.5) is 5.69 Å². The molecule has 0 bridgehead atoms. The standard InChI is InChI=1S/C10H11ClN2O3/c1-5-3-7(4-12-8(5)11)13-9(14)6(2)10(15)16/h3-4,6H,1-2H3,(H,13,14)(H,15,16). The van der Waals surface area contributed by atoms with Crippen LogP contribution >= 0.6 is 11.6 Å². The second-order valence-electron chi connectivity index (χ2n) is 3.38. The highest BCUT2D eigenvalue weighted by Crippen LogP contribution is 2.16. The lowest BCUT2D eigenvalue weighted by molar-refractivity contribution is -0.144. The minimum absolute atomic E-state index is 0.351. The van der Waals surface area contributed by atoms with E-state index in [-0.39, 0.29) is 0 Å². The molecule has 2 N–H and O–H groups in total. The maximum absolute atomic E-state index is 11.4.